The van der Waals surface area contributed by atoms with Gasteiger partial charge in [0, 0.05) is 12.0 Å². The summed E-state index contributed by atoms with van der Waals surface area (Å²) in [6.45, 7) is 0. The molecule has 2 aromatic rings. The van der Waals surface area contributed by atoms with Crippen molar-refractivity contribution < 1.29 is 13.3 Å². The number of rotatable bonds is 5. The molecule has 2 rings (SSSR count). The van der Waals surface area contributed by atoms with Gasteiger partial charge in [0.25, 0.3) is 6.08 Å². The van der Waals surface area contributed by atoms with E-state index in [1.54, 1.807) is 54.6 Å². The number of hydrogen-bond acceptors (Lipinski definition) is 1. The molecule has 1 nitrogen and oxygen atoms in total. The molecule has 0 heterocycles. The van der Waals surface area contributed by atoms with Crippen molar-refractivity contribution in [2.24, 2.45) is 0 Å². The minimum atomic E-state index is -1.70. The SMILES string of the molecule is O=[P+](CCC(=C(F)F)c1ccccc1)c1ccccc1. The first-order valence-corrected chi connectivity index (χ1v) is 7.72. The minimum Gasteiger partial charge on any atom is -0.173 e. The molecule has 0 saturated carbocycles. The van der Waals surface area contributed by atoms with Gasteiger partial charge in [-0.3, -0.25) is 0 Å². The van der Waals surface area contributed by atoms with Crippen molar-refractivity contribution in [1.82, 2.24) is 0 Å². The smallest absolute Gasteiger partial charge is 0.173 e. The van der Waals surface area contributed by atoms with Crippen LogP contribution in [0.4, 0.5) is 8.78 Å². The highest BCUT2D eigenvalue weighted by atomic mass is 31.1. The Labute approximate surface area is 117 Å². The molecule has 1 unspecified atom stereocenters. The van der Waals surface area contributed by atoms with Crippen LogP contribution in [-0.4, -0.2) is 6.16 Å². The molecule has 0 amide bonds. The fourth-order valence-corrected chi connectivity index (χ4v) is 3.11. The van der Waals surface area contributed by atoms with Crippen LogP contribution in [0.25, 0.3) is 5.57 Å². The highest BCUT2D eigenvalue weighted by Gasteiger charge is 2.21. The second kappa shape index (κ2) is 7.06. The largest absolute Gasteiger partial charge is 0.377 e. The van der Waals surface area contributed by atoms with Gasteiger partial charge in [0.1, 0.15) is 0 Å². The molecule has 0 bridgehead atoms. The van der Waals surface area contributed by atoms with E-state index in [4.69, 9.17) is 0 Å². The van der Waals surface area contributed by atoms with Crippen LogP contribution in [-0.2, 0) is 4.57 Å². The van der Waals surface area contributed by atoms with Crippen molar-refractivity contribution in [2.45, 2.75) is 6.42 Å². The third-order valence-corrected chi connectivity index (χ3v) is 4.46. The molecule has 0 saturated heterocycles. The van der Waals surface area contributed by atoms with Crippen molar-refractivity contribution in [1.29, 1.82) is 0 Å². The van der Waals surface area contributed by atoms with E-state index < -0.39 is 13.9 Å². The van der Waals surface area contributed by atoms with Gasteiger partial charge < -0.3 is 0 Å². The second-order valence-electron chi connectivity index (χ2n) is 4.29. The molecule has 0 aromatic heterocycles. The van der Waals surface area contributed by atoms with Crippen LogP contribution in [0.3, 0.4) is 0 Å². The second-order valence-corrected chi connectivity index (χ2v) is 6.01. The quantitative estimate of drug-likeness (QED) is 0.721. The Kier molecular flexibility index (Phi) is 5.14. The molecule has 4 heteroatoms. The summed E-state index contributed by atoms with van der Waals surface area (Å²) in [5.74, 6) is 0. The Hall–Kier alpha value is -1.86. The van der Waals surface area contributed by atoms with E-state index in [1.807, 2.05) is 6.07 Å². The standard InChI is InChI=1S/C16H14F2OP/c17-16(18)15(13-7-3-1-4-8-13)11-12-20(19)14-9-5-2-6-10-14/h1-10H,11-12H2/q+1. The fraction of sp³-hybridized carbons (Fsp3) is 0.125. The van der Waals surface area contributed by atoms with E-state index in [2.05, 4.69) is 0 Å². The third-order valence-electron chi connectivity index (χ3n) is 2.96. The van der Waals surface area contributed by atoms with Gasteiger partial charge in [-0.25, -0.2) is 0 Å². The van der Waals surface area contributed by atoms with Crippen LogP contribution in [0.15, 0.2) is 66.7 Å². The molecule has 0 radical (unpaired) electrons. The Morgan fingerprint density at radius 2 is 1.45 bits per heavy atom. The maximum Gasteiger partial charge on any atom is 0.377 e. The zero-order valence-electron chi connectivity index (χ0n) is 10.8. The van der Waals surface area contributed by atoms with Crippen molar-refractivity contribution in [3.05, 3.63) is 72.3 Å². The van der Waals surface area contributed by atoms with Crippen LogP contribution in [0, 0.1) is 0 Å². The van der Waals surface area contributed by atoms with E-state index in [1.165, 1.54) is 0 Å². The van der Waals surface area contributed by atoms with Gasteiger partial charge in [-0.2, -0.15) is 8.78 Å². The fourth-order valence-electron chi connectivity index (χ4n) is 1.92. The van der Waals surface area contributed by atoms with Crippen molar-refractivity contribution in [3.8, 4) is 0 Å². The Morgan fingerprint density at radius 3 is 2.00 bits per heavy atom. The summed E-state index contributed by atoms with van der Waals surface area (Å²) in [5, 5.41) is 0.703. The highest BCUT2D eigenvalue weighted by Crippen LogP contribution is 2.29. The number of hydrogen-bond donors (Lipinski definition) is 0. The van der Waals surface area contributed by atoms with E-state index in [9.17, 15) is 13.3 Å². The van der Waals surface area contributed by atoms with Crippen molar-refractivity contribution in [3.63, 3.8) is 0 Å². The van der Waals surface area contributed by atoms with E-state index in [0.29, 0.717) is 10.9 Å². The topological polar surface area (TPSA) is 17.1 Å². The molecule has 0 aliphatic carbocycles. The molecule has 0 spiro atoms. The van der Waals surface area contributed by atoms with Crippen LogP contribution in [0.2, 0.25) is 0 Å². The molecule has 102 valence electrons. The molecular formula is C16H14F2OP+. The molecule has 0 N–H and O–H groups in total. The Morgan fingerprint density at radius 1 is 0.900 bits per heavy atom. The van der Waals surface area contributed by atoms with Crippen LogP contribution in [0.1, 0.15) is 12.0 Å². The van der Waals surface area contributed by atoms with Gasteiger partial charge in [0.15, 0.2) is 11.5 Å². The lowest BCUT2D eigenvalue weighted by Gasteiger charge is -2.03. The predicted octanol–water partition coefficient (Wildman–Crippen LogP) is 4.84. The third kappa shape index (κ3) is 3.82. The molecule has 2 aromatic carbocycles. The predicted molar refractivity (Wildman–Crippen MR) is 78.7 cm³/mol. The van der Waals surface area contributed by atoms with E-state index >= 15 is 0 Å². The van der Waals surface area contributed by atoms with Crippen LogP contribution < -0.4 is 5.30 Å². The van der Waals surface area contributed by atoms with E-state index in [0.717, 1.165) is 0 Å². The average Bonchev–Trinajstić information content (AvgIpc) is 2.49. The maximum absolute atomic E-state index is 13.0. The summed E-state index contributed by atoms with van der Waals surface area (Å²) >= 11 is 0. The Bertz CT molecular complexity index is 605. The minimum absolute atomic E-state index is 0.0233. The molecule has 0 fully saturated rings. The van der Waals surface area contributed by atoms with Gasteiger partial charge in [-0.15, -0.1) is 0 Å². The van der Waals surface area contributed by atoms with Gasteiger partial charge in [0.05, 0.1) is 0 Å². The van der Waals surface area contributed by atoms with Crippen molar-refractivity contribution >= 4 is 18.7 Å². The normalized spacial score (nSPS) is 11.0. The first-order chi connectivity index (χ1) is 9.68. The lowest BCUT2D eigenvalue weighted by molar-refractivity contribution is 0.423. The monoisotopic (exact) mass is 291 g/mol. The number of halogens is 2. The summed E-state index contributed by atoms with van der Waals surface area (Å²) < 4.78 is 38.1. The summed E-state index contributed by atoms with van der Waals surface area (Å²) in [4.78, 5) is 0. The average molecular weight is 291 g/mol. The van der Waals surface area contributed by atoms with Gasteiger partial charge >= 0.3 is 7.80 Å². The Balaban J connectivity index is 2.09. The number of allylic oxidation sites excluding steroid dienone is 1. The first kappa shape index (κ1) is 14.5. The van der Waals surface area contributed by atoms with E-state index in [-0.39, 0.29) is 18.2 Å². The zero-order chi connectivity index (χ0) is 14.4. The number of benzene rings is 2. The zero-order valence-corrected chi connectivity index (χ0v) is 11.7. The maximum atomic E-state index is 13.0. The van der Waals surface area contributed by atoms with Gasteiger partial charge in [0.2, 0.25) is 0 Å². The summed E-state index contributed by atoms with van der Waals surface area (Å²) in [6, 6.07) is 17.5. The first-order valence-electron chi connectivity index (χ1n) is 6.28. The summed E-state index contributed by atoms with van der Waals surface area (Å²) in [7, 11) is -1.64. The van der Waals surface area contributed by atoms with Crippen LogP contribution >= 0.6 is 7.80 Å². The lowest BCUT2D eigenvalue weighted by atomic mass is 10.1. The highest BCUT2D eigenvalue weighted by molar-refractivity contribution is 7.53. The summed E-state index contributed by atoms with van der Waals surface area (Å²) in [5.41, 5.74) is 0.467. The van der Waals surface area contributed by atoms with Crippen LogP contribution in [0.5, 0.6) is 0 Å². The molecular weight excluding hydrogens is 277 g/mol. The molecule has 20 heavy (non-hydrogen) atoms. The van der Waals surface area contributed by atoms with Crippen molar-refractivity contribution in [2.75, 3.05) is 6.16 Å². The summed E-state index contributed by atoms with van der Waals surface area (Å²) in [6.07, 6.45) is -1.37. The molecule has 0 aliphatic heterocycles. The lowest BCUT2D eigenvalue weighted by Crippen LogP contribution is -1.98. The van der Waals surface area contributed by atoms with Gasteiger partial charge in [-0.1, -0.05) is 53.1 Å². The molecule has 1 atom stereocenters. The van der Waals surface area contributed by atoms with Gasteiger partial charge in [-0.05, 0) is 17.7 Å². The molecule has 0 aliphatic rings.